The number of amides is 1. The lowest BCUT2D eigenvalue weighted by Crippen LogP contribution is -2.53. The van der Waals surface area contributed by atoms with E-state index < -0.39 is 0 Å². The van der Waals surface area contributed by atoms with Crippen LogP contribution in [0.3, 0.4) is 0 Å². The van der Waals surface area contributed by atoms with Gasteiger partial charge in [-0.25, -0.2) is 4.79 Å². The van der Waals surface area contributed by atoms with Gasteiger partial charge in [-0.15, -0.1) is 0 Å². The van der Waals surface area contributed by atoms with Gasteiger partial charge in [0.2, 0.25) is 0 Å². The molecule has 0 N–H and O–H groups in total. The zero-order chi connectivity index (χ0) is 24.4. The number of carbonyl (C=O) groups excluding carboxylic acids is 1. The lowest BCUT2D eigenvalue weighted by molar-refractivity contribution is 0.0340. The quantitative estimate of drug-likeness (QED) is 0.494. The number of hydrogen-bond acceptors (Lipinski definition) is 4. The minimum atomic E-state index is -0.103. The summed E-state index contributed by atoms with van der Waals surface area (Å²) in [5, 5.41) is 0. The monoisotopic (exact) mass is 476 g/mol. The molecule has 2 bridgehead atoms. The van der Waals surface area contributed by atoms with Crippen molar-refractivity contribution in [2.24, 2.45) is 0 Å². The molecule has 0 aliphatic carbocycles. The Morgan fingerprint density at radius 1 is 0.886 bits per heavy atom. The number of nitrogens with zero attached hydrogens (tertiary/aromatic N) is 2. The molecule has 2 unspecified atom stereocenters. The molecule has 0 radical (unpaired) electrons. The van der Waals surface area contributed by atoms with E-state index in [0.717, 1.165) is 63.8 Å². The molecule has 5 rings (SSSR count). The van der Waals surface area contributed by atoms with Crippen molar-refractivity contribution in [3.8, 4) is 16.9 Å². The van der Waals surface area contributed by atoms with Crippen molar-refractivity contribution in [2.45, 2.75) is 82.8 Å². The van der Waals surface area contributed by atoms with Gasteiger partial charge in [0.15, 0.2) is 0 Å². The summed E-state index contributed by atoms with van der Waals surface area (Å²) >= 11 is 0. The maximum absolute atomic E-state index is 12.4. The summed E-state index contributed by atoms with van der Waals surface area (Å²) in [6.45, 7) is 6.78. The summed E-state index contributed by atoms with van der Waals surface area (Å²) in [6, 6.07) is 16.9. The van der Waals surface area contributed by atoms with Crippen molar-refractivity contribution in [1.29, 1.82) is 0 Å². The van der Waals surface area contributed by atoms with Crippen LogP contribution in [0, 0.1) is 0 Å². The van der Waals surface area contributed by atoms with Gasteiger partial charge in [0, 0.05) is 18.1 Å². The molecule has 3 fully saturated rings. The maximum Gasteiger partial charge on any atom is 0.410 e. The topological polar surface area (TPSA) is 42.0 Å². The average Bonchev–Trinajstić information content (AvgIpc) is 3.18. The van der Waals surface area contributed by atoms with Crippen molar-refractivity contribution in [3.63, 3.8) is 0 Å². The van der Waals surface area contributed by atoms with Gasteiger partial charge in [-0.2, -0.15) is 0 Å². The standard InChI is InChI=1S/C30H40N2O3/c1-4-21-6-8-22(9-7-21)24-10-13-29(34-3)28(18-24)23-14-16-31(17-15-23)27-19-25-11-12-26(20-27)32(25)30(33)35-5-2/h6-10,13,18,23,25-27H,4-5,11-12,14-17,19-20H2,1-3H3. The second kappa shape index (κ2) is 10.6. The molecule has 1 amide bonds. The number of benzene rings is 2. The van der Waals surface area contributed by atoms with Crippen LogP contribution in [-0.4, -0.2) is 60.8 Å². The molecule has 3 heterocycles. The van der Waals surface area contributed by atoms with Gasteiger partial charge < -0.3 is 19.3 Å². The largest absolute Gasteiger partial charge is 0.496 e. The third-order valence-electron chi connectivity index (χ3n) is 8.60. The van der Waals surface area contributed by atoms with E-state index in [1.165, 1.54) is 22.3 Å². The molecule has 3 saturated heterocycles. The molecule has 3 aliphatic rings. The molecule has 5 heteroatoms. The van der Waals surface area contributed by atoms with Crippen molar-refractivity contribution >= 4 is 6.09 Å². The maximum atomic E-state index is 12.4. The fraction of sp³-hybridized carbons (Fsp3) is 0.567. The molecule has 0 aromatic heterocycles. The summed E-state index contributed by atoms with van der Waals surface area (Å²) in [7, 11) is 1.79. The molecule has 3 aliphatic heterocycles. The zero-order valence-corrected chi connectivity index (χ0v) is 21.5. The van der Waals surface area contributed by atoms with E-state index in [-0.39, 0.29) is 6.09 Å². The predicted molar refractivity (Wildman–Crippen MR) is 140 cm³/mol. The first-order valence-electron chi connectivity index (χ1n) is 13.6. The van der Waals surface area contributed by atoms with Crippen LogP contribution in [0.2, 0.25) is 0 Å². The number of piperidine rings is 2. The van der Waals surface area contributed by atoms with Crippen LogP contribution in [0.1, 0.15) is 69.4 Å². The van der Waals surface area contributed by atoms with Crippen molar-refractivity contribution in [2.75, 3.05) is 26.8 Å². The minimum absolute atomic E-state index is 0.103. The highest BCUT2D eigenvalue weighted by molar-refractivity contribution is 5.69. The lowest BCUT2D eigenvalue weighted by atomic mass is 9.85. The number of hydrogen-bond donors (Lipinski definition) is 0. The predicted octanol–water partition coefficient (Wildman–Crippen LogP) is 6.26. The van der Waals surface area contributed by atoms with Crippen LogP contribution in [0.5, 0.6) is 5.75 Å². The first kappa shape index (κ1) is 24.2. The smallest absolute Gasteiger partial charge is 0.410 e. The van der Waals surface area contributed by atoms with Crippen LogP contribution in [0.25, 0.3) is 11.1 Å². The van der Waals surface area contributed by atoms with Crippen LogP contribution in [-0.2, 0) is 11.2 Å². The number of aryl methyl sites for hydroxylation is 1. The number of ether oxygens (including phenoxy) is 2. The summed E-state index contributed by atoms with van der Waals surface area (Å²) in [5.74, 6) is 1.53. The number of rotatable bonds is 6. The summed E-state index contributed by atoms with van der Waals surface area (Å²) in [6.07, 6.45) is 7.70. The van der Waals surface area contributed by atoms with Crippen LogP contribution in [0.15, 0.2) is 42.5 Å². The van der Waals surface area contributed by atoms with Crippen molar-refractivity contribution in [3.05, 3.63) is 53.6 Å². The highest BCUT2D eigenvalue weighted by Crippen LogP contribution is 2.41. The van der Waals surface area contributed by atoms with E-state index in [9.17, 15) is 4.79 Å². The van der Waals surface area contributed by atoms with Crippen molar-refractivity contribution in [1.82, 2.24) is 9.80 Å². The van der Waals surface area contributed by atoms with E-state index in [2.05, 4.69) is 59.2 Å². The van der Waals surface area contributed by atoms with Gasteiger partial charge >= 0.3 is 6.09 Å². The molecule has 188 valence electrons. The summed E-state index contributed by atoms with van der Waals surface area (Å²) in [5.41, 5.74) is 5.26. The Balaban J connectivity index is 1.24. The van der Waals surface area contributed by atoms with Gasteiger partial charge in [0.1, 0.15) is 5.75 Å². The number of likely N-dealkylation sites (tertiary alicyclic amines) is 1. The molecular formula is C30H40N2O3. The first-order chi connectivity index (χ1) is 17.1. The van der Waals surface area contributed by atoms with Crippen LogP contribution in [0.4, 0.5) is 4.79 Å². The number of fused-ring (bicyclic) bond motifs is 2. The second-order valence-electron chi connectivity index (χ2n) is 10.4. The Hall–Kier alpha value is -2.53. The van der Waals surface area contributed by atoms with Crippen LogP contribution < -0.4 is 4.74 Å². The van der Waals surface area contributed by atoms with E-state index >= 15 is 0 Å². The average molecular weight is 477 g/mol. The van der Waals surface area contributed by atoms with Gasteiger partial charge in [-0.05, 0) is 105 Å². The van der Waals surface area contributed by atoms with Gasteiger partial charge in [0.25, 0.3) is 0 Å². The third-order valence-corrected chi connectivity index (χ3v) is 8.60. The Morgan fingerprint density at radius 2 is 1.54 bits per heavy atom. The van der Waals surface area contributed by atoms with Crippen LogP contribution >= 0.6 is 0 Å². The molecule has 2 atom stereocenters. The Morgan fingerprint density at radius 3 is 2.14 bits per heavy atom. The Labute approximate surface area is 210 Å². The Kier molecular flexibility index (Phi) is 7.33. The van der Waals surface area contributed by atoms with Gasteiger partial charge in [-0.3, -0.25) is 0 Å². The van der Waals surface area contributed by atoms with Crippen molar-refractivity contribution < 1.29 is 14.3 Å². The highest BCUT2D eigenvalue weighted by atomic mass is 16.6. The molecule has 0 saturated carbocycles. The summed E-state index contributed by atoms with van der Waals surface area (Å²) < 4.78 is 11.1. The third kappa shape index (κ3) is 4.93. The normalized spacial score (nSPS) is 25.0. The highest BCUT2D eigenvalue weighted by Gasteiger charge is 2.45. The molecule has 5 nitrogen and oxygen atoms in total. The SMILES string of the molecule is CCOC(=O)N1C2CCC1CC(N1CCC(c3cc(-c4ccc(CC)cc4)ccc3OC)CC1)C2. The first-order valence-corrected chi connectivity index (χ1v) is 13.6. The second-order valence-corrected chi connectivity index (χ2v) is 10.4. The molecular weight excluding hydrogens is 436 g/mol. The van der Waals surface area contributed by atoms with E-state index in [1.807, 2.05) is 6.92 Å². The summed E-state index contributed by atoms with van der Waals surface area (Å²) in [4.78, 5) is 17.2. The van der Waals surface area contributed by atoms with E-state index in [0.29, 0.717) is 30.7 Å². The molecule has 35 heavy (non-hydrogen) atoms. The van der Waals surface area contributed by atoms with Gasteiger partial charge in [0.05, 0.1) is 13.7 Å². The molecule has 0 spiro atoms. The van der Waals surface area contributed by atoms with E-state index in [1.54, 1.807) is 7.11 Å². The number of carbonyl (C=O) groups is 1. The molecule has 2 aromatic rings. The molecule has 2 aromatic carbocycles. The number of methoxy groups -OCH3 is 1. The Bertz CT molecular complexity index is 999. The minimum Gasteiger partial charge on any atom is -0.496 e. The zero-order valence-electron chi connectivity index (χ0n) is 21.5. The van der Waals surface area contributed by atoms with Gasteiger partial charge in [-0.1, -0.05) is 37.3 Å². The van der Waals surface area contributed by atoms with E-state index in [4.69, 9.17) is 9.47 Å². The lowest BCUT2D eigenvalue weighted by Gasteiger charge is -2.45. The fourth-order valence-electron chi connectivity index (χ4n) is 6.68. The fourth-order valence-corrected chi connectivity index (χ4v) is 6.68.